The average molecular weight is 463 g/mol. The quantitative estimate of drug-likeness (QED) is 0.676. The zero-order valence-electron chi connectivity index (χ0n) is 19.3. The minimum absolute atomic E-state index is 0.0219. The summed E-state index contributed by atoms with van der Waals surface area (Å²) < 4.78 is 5.57. The van der Waals surface area contributed by atoms with Crippen LogP contribution in [0, 0.1) is 11.3 Å². The smallest absolute Gasteiger partial charge is 0.407 e. The van der Waals surface area contributed by atoms with E-state index in [1.54, 1.807) is 11.8 Å². The van der Waals surface area contributed by atoms with Gasteiger partial charge >= 0.3 is 12.1 Å². The third-order valence-electron chi connectivity index (χ3n) is 7.84. The van der Waals surface area contributed by atoms with Crippen molar-refractivity contribution in [3.63, 3.8) is 0 Å². The van der Waals surface area contributed by atoms with Gasteiger partial charge in [-0.25, -0.2) is 4.79 Å². The van der Waals surface area contributed by atoms with Crippen LogP contribution >= 0.6 is 0 Å². The first-order valence-electron chi connectivity index (χ1n) is 12.0. The predicted molar refractivity (Wildman–Crippen MR) is 126 cm³/mol. The molecule has 0 unspecified atom stereocenters. The first-order valence-corrected chi connectivity index (χ1v) is 12.0. The van der Waals surface area contributed by atoms with Gasteiger partial charge in [-0.05, 0) is 47.9 Å². The number of carbonyl (C=O) groups is 3. The number of ether oxygens (including phenoxy) is 1. The molecule has 1 aliphatic heterocycles. The van der Waals surface area contributed by atoms with Gasteiger partial charge < -0.3 is 20.1 Å². The highest BCUT2D eigenvalue weighted by molar-refractivity contribution is 5.82. The monoisotopic (exact) mass is 462 g/mol. The summed E-state index contributed by atoms with van der Waals surface area (Å²) in [5.41, 5.74) is 3.83. The standard InChI is InChI=1S/C27H30N2O5/c1-17(13-24(30)29-14-18-7-6-12-27(18,16-29)25(31)32)28-26(33)34-15-23-21-10-4-2-8-19(21)20-9-3-5-11-22(20)23/h2-5,8-11,17-18,23H,6-7,12-16H2,1H3,(H,28,33)(H,31,32)/t17-,18-,27-/m1/s1. The number of nitrogens with zero attached hydrogens (tertiary/aromatic N) is 1. The molecule has 0 bridgehead atoms. The summed E-state index contributed by atoms with van der Waals surface area (Å²) in [6, 6.07) is 15.9. The van der Waals surface area contributed by atoms with Crippen molar-refractivity contribution in [2.75, 3.05) is 19.7 Å². The molecule has 34 heavy (non-hydrogen) atoms. The number of fused-ring (bicyclic) bond motifs is 4. The van der Waals surface area contributed by atoms with Gasteiger partial charge in [-0.2, -0.15) is 0 Å². The molecule has 0 spiro atoms. The Labute approximate surface area is 199 Å². The van der Waals surface area contributed by atoms with Gasteiger partial charge in [0, 0.05) is 31.5 Å². The molecular formula is C27H30N2O5. The largest absolute Gasteiger partial charge is 0.481 e. The van der Waals surface area contributed by atoms with Crippen molar-refractivity contribution in [3.8, 4) is 11.1 Å². The van der Waals surface area contributed by atoms with Gasteiger partial charge in [0.15, 0.2) is 0 Å². The fourth-order valence-electron chi connectivity index (χ4n) is 6.11. The number of nitrogens with one attached hydrogen (secondary N) is 1. The van der Waals surface area contributed by atoms with E-state index in [-0.39, 0.29) is 37.3 Å². The van der Waals surface area contributed by atoms with E-state index in [9.17, 15) is 19.5 Å². The number of benzene rings is 2. The van der Waals surface area contributed by atoms with E-state index >= 15 is 0 Å². The number of rotatable bonds is 6. The minimum atomic E-state index is -0.796. The number of carbonyl (C=O) groups excluding carboxylic acids is 2. The highest BCUT2D eigenvalue weighted by atomic mass is 16.5. The predicted octanol–water partition coefficient (Wildman–Crippen LogP) is 4.02. The average Bonchev–Trinajstić information content (AvgIpc) is 3.47. The first-order chi connectivity index (χ1) is 16.4. The number of aliphatic carboxylic acids is 1. The maximum Gasteiger partial charge on any atom is 0.407 e. The lowest BCUT2D eigenvalue weighted by Gasteiger charge is -2.24. The van der Waals surface area contributed by atoms with Crippen LogP contribution in [0.15, 0.2) is 48.5 Å². The molecule has 0 radical (unpaired) electrons. The van der Waals surface area contributed by atoms with Crippen LogP contribution in [0.3, 0.4) is 0 Å². The van der Waals surface area contributed by atoms with Gasteiger partial charge in [0.2, 0.25) is 5.91 Å². The van der Waals surface area contributed by atoms with Crippen molar-refractivity contribution >= 4 is 18.0 Å². The molecule has 178 valence electrons. The Morgan fingerprint density at radius 1 is 1.12 bits per heavy atom. The van der Waals surface area contributed by atoms with Gasteiger partial charge in [-0.1, -0.05) is 55.0 Å². The SMILES string of the molecule is C[C@H](CC(=O)N1C[C@H]2CCC[C@@]2(C(=O)O)C1)NC(=O)OCC1c2ccccc2-c2ccccc21. The molecule has 2 fully saturated rings. The summed E-state index contributed by atoms with van der Waals surface area (Å²) in [7, 11) is 0. The number of amides is 2. The van der Waals surface area contributed by atoms with E-state index in [4.69, 9.17) is 4.74 Å². The molecular weight excluding hydrogens is 432 g/mol. The molecule has 2 aromatic rings. The normalized spacial score (nSPS) is 23.7. The molecule has 1 saturated carbocycles. The first kappa shape index (κ1) is 22.4. The second-order valence-electron chi connectivity index (χ2n) is 9.90. The van der Waals surface area contributed by atoms with E-state index in [0.29, 0.717) is 13.0 Å². The van der Waals surface area contributed by atoms with E-state index < -0.39 is 23.5 Å². The van der Waals surface area contributed by atoms with Crippen molar-refractivity contribution in [2.45, 2.75) is 44.6 Å². The Kier molecular flexibility index (Phi) is 5.80. The molecule has 3 atom stereocenters. The molecule has 2 aromatic carbocycles. The molecule has 3 aliphatic rings. The van der Waals surface area contributed by atoms with Crippen molar-refractivity contribution in [3.05, 3.63) is 59.7 Å². The summed E-state index contributed by atoms with van der Waals surface area (Å²) in [6.45, 7) is 2.74. The lowest BCUT2D eigenvalue weighted by atomic mass is 9.81. The van der Waals surface area contributed by atoms with Crippen LogP contribution in [0.25, 0.3) is 11.1 Å². The van der Waals surface area contributed by atoms with Crippen molar-refractivity contribution < 1.29 is 24.2 Å². The number of carboxylic acids is 1. The van der Waals surface area contributed by atoms with Crippen LogP contribution < -0.4 is 5.32 Å². The number of likely N-dealkylation sites (tertiary alicyclic amines) is 1. The van der Waals surface area contributed by atoms with E-state index in [2.05, 4.69) is 29.6 Å². The third kappa shape index (κ3) is 3.83. The Balaban J connectivity index is 1.15. The van der Waals surface area contributed by atoms with Crippen molar-refractivity contribution in [1.82, 2.24) is 10.2 Å². The van der Waals surface area contributed by atoms with Crippen LogP contribution in [0.4, 0.5) is 4.79 Å². The van der Waals surface area contributed by atoms with Gasteiger partial charge in [0.1, 0.15) is 6.61 Å². The maximum atomic E-state index is 12.8. The Bertz CT molecular complexity index is 1090. The highest BCUT2D eigenvalue weighted by Crippen LogP contribution is 2.49. The van der Waals surface area contributed by atoms with Gasteiger partial charge in [0.25, 0.3) is 0 Å². The van der Waals surface area contributed by atoms with Gasteiger partial charge in [-0.15, -0.1) is 0 Å². The van der Waals surface area contributed by atoms with Gasteiger partial charge in [-0.3, -0.25) is 9.59 Å². The summed E-state index contributed by atoms with van der Waals surface area (Å²) in [5.74, 6) is -0.915. The zero-order valence-corrected chi connectivity index (χ0v) is 19.3. The molecule has 5 rings (SSSR count). The van der Waals surface area contributed by atoms with E-state index in [1.165, 1.54) is 11.1 Å². The number of hydrogen-bond acceptors (Lipinski definition) is 4. The van der Waals surface area contributed by atoms with Crippen LogP contribution in [-0.4, -0.2) is 53.7 Å². The lowest BCUT2D eigenvalue weighted by Crippen LogP contribution is -2.41. The number of alkyl carbamates (subject to hydrolysis) is 1. The van der Waals surface area contributed by atoms with Crippen LogP contribution in [0.5, 0.6) is 0 Å². The number of carboxylic acid groups (broad SMARTS) is 1. The molecule has 1 heterocycles. The van der Waals surface area contributed by atoms with Gasteiger partial charge in [0.05, 0.1) is 5.41 Å². The summed E-state index contributed by atoms with van der Waals surface area (Å²) in [4.78, 5) is 38.8. The lowest BCUT2D eigenvalue weighted by molar-refractivity contribution is -0.149. The molecule has 2 aliphatic carbocycles. The second kappa shape index (κ2) is 8.78. The topological polar surface area (TPSA) is 95.9 Å². The third-order valence-corrected chi connectivity index (χ3v) is 7.84. The Hall–Kier alpha value is -3.35. The summed E-state index contributed by atoms with van der Waals surface area (Å²) in [5, 5.41) is 12.5. The highest BCUT2D eigenvalue weighted by Gasteiger charge is 2.55. The van der Waals surface area contributed by atoms with Crippen molar-refractivity contribution in [2.24, 2.45) is 11.3 Å². The summed E-state index contributed by atoms with van der Waals surface area (Å²) in [6.07, 6.45) is 1.95. The van der Waals surface area contributed by atoms with Crippen LogP contribution in [0.2, 0.25) is 0 Å². The number of hydrogen-bond donors (Lipinski definition) is 2. The molecule has 2 amide bonds. The maximum absolute atomic E-state index is 12.8. The van der Waals surface area contributed by atoms with Crippen LogP contribution in [0.1, 0.15) is 49.7 Å². The molecule has 1 saturated heterocycles. The Morgan fingerprint density at radius 2 is 1.76 bits per heavy atom. The molecule has 7 nitrogen and oxygen atoms in total. The minimum Gasteiger partial charge on any atom is -0.481 e. The summed E-state index contributed by atoms with van der Waals surface area (Å²) >= 11 is 0. The molecule has 2 N–H and O–H groups in total. The Morgan fingerprint density at radius 3 is 2.38 bits per heavy atom. The second-order valence-corrected chi connectivity index (χ2v) is 9.90. The van der Waals surface area contributed by atoms with E-state index in [0.717, 1.165) is 24.0 Å². The van der Waals surface area contributed by atoms with Crippen molar-refractivity contribution in [1.29, 1.82) is 0 Å². The molecule has 7 heteroatoms. The fourth-order valence-corrected chi connectivity index (χ4v) is 6.11. The fraction of sp³-hybridized carbons (Fsp3) is 0.444. The zero-order chi connectivity index (χ0) is 23.9. The van der Waals surface area contributed by atoms with E-state index in [1.807, 2.05) is 24.3 Å². The van der Waals surface area contributed by atoms with Crippen LogP contribution in [-0.2, 0) is 14.3 Å². The molecule has 0 aromatic heterocycles.